The quantitative estimate of drug-likeness (QED) is 0.484. The van der Waals surface area contributed by atoms with Gasteiger partial charge in [0.25, 0.3) is 5.69 Å². The van der Waals surface area contributed by atoms with Crippen LogP contribution in [0.1, 0.15) is 11.4 Å². The first-order valence-corrected chi connectivity index (χ1v) is 5.00. The first kappa shape index (κ1) is 12.1. The third-order valence-electron chi connectivity index (χ3n) is 2.46. The molecule has 2 N–H and O–H groups in total. The monoisotopic (exact) mass is 254 g/mol. The number of aromatic nitrogens is 2. The molecule has 8 nitrogen and oxygen atoms in total. The number of nitrogens with two attached hydrogens (primary N) is 1. The third-order valence-corrected chi connectivity index (χ3v) is 2.46. The summed E-state index contributed by atoms with van der Waals surface area (Å²) in [6, 6.07) is 7.47. The van der Waals surface area contributed by atoms with Crippen molar-refractivity contribution in [1.82, 2.24) is 9.55 Å². The zero-order chi connectivity index (χ0) is 14.0. The van der Waals surface area contributed by atoms with Crippen molar-refractivity contribution < 1.29 is 4.92 Å². The van der Waals surface area contributed by atoms with Gasteiger partial charge < -0.3 is 5.73 Å². The van der Waals surface area contributed by atoms with Gasteiger partial charge in [0, 0.05) is 12.1 Å². The van der Waals surface area contributed by atoms with Gasteiger partial charge in [-0.2, -0.15) is 10.5 Å². The van der Waals surface area contributed by atoms with Crippen molar-refractivity contribution in [3.8, 4) is 17.8 Å². The average Bonchev–Trinajstić information content (AvgIpc) is 2.80. The number of nitro groups is 1. The molecule has 2 rings (SSSR count). The Kier molecular flexibility index (Phi) is 2.84. The summed E-state index contributed by atoms with van der Waals surface area (Å²) in [6.07, 6.45) is 1.27. The van der Waals surface area contributed by atoms with Crippen molar-refractivity contribution in [2.45, 2.75) is 0 Å². The Labute approximate surface area is 107 Å². The van der Waals surface area contributed by atoms with Gasteiger partial charge >= 0.3 is 0 Å². The summed E-state index contributed by atoms with van der Waals surface area (Å²) in [5.74, 6) is 0. The van der Waals surface area contributed by atoms with Crippen LogP contribution in [0, 0.1) is 32.8 Å². The van der Waals surface area contributed by atoms with E-state index in [0.29, 0.717) is 5.69 Å². The fourth-order valence-electron chi connectivity index (χ4n) is 1.59. The minimum absolute atomic E-state index is 0.0275. The van der Waals surface area contributed by atoms with Gasteiger partial charge in [-0.3, -0.25) is 14.7 Å². The number of benzene rings is 1. The number of nitrogen functional groups attached to an aromatic ring is 1. The second-order valence-corrected chi connectivity index (χ2v) is 3.54. The van der Waals surface area contributed by atoms with Gasteiger partial charge in [0.1, 0.15) is 18.5 Å². The van der Waals surface area contributed by atoms with E-state index in [9.17, 15) is 10.1 Å². The van der Waals surface area contributed by atoms with Gasteiger partial charge in [-0.05, 0) is 6.07 Å². The molecule has 1 heterocycles. The summed E-state index contributed by atoms with van der Waals surface area (Å²) in [4.78, 5) is 13.8. The van der Waals surface area contributed by atoms with E-state index in [1.54, 1.807) is 6.07 Å². The van der Waals surface area contributed by atoms with Crippen molar-refractivity contribution >= 4 is 11.4 Å². The minimum Gasteiger partial charge on any atom is -0.397 e. The highest BCUT2D eigenvalue weighted by atomic mass is 16.6. The molecule has 0 aliphatic heterocycles. The molecule has 0 fully saturated rings. The third kappa shape index (κ3) is 1.94. The van der Waals surface area contributed by atoms with E-state index in [-0.39, 0.29) is 22.8 Å². The highest BCUT2D eigenvalue weighted by Crippen LogP contribution is 2.24. The molecule has 8 heteroatoms. The molecule has 0 saturated heterocycles. The number of rotatable bonds is 2. The number of hydrogen-bond donors (Lipinski definition) is 1. The van der Waals surface area contributed by atoms with E-state index in [2.05, 4.69) is 4.98 Å². The lowest BCUT2D eigenvalue weighted by atomic mass is 10.2. The predicted molar refractivity (Wildman–Crippen MR) is 64.1 cm³/mol. The smallest absolute Gasteiger partial charge is 0.271 e. The number of hydrogen-bond acceptors (Lipinski definition) is 6. The second kappa shape index (κ2) is 4.47. The molecule has 19 heavy (non-hydrogen) atoms. The highest BCUT2D eigenvalue weighted by Gasteiger charge is 2.15. The molecular weight excluding hydrogens is 248 g/mol. The number of nitriles is 2. The summed E-state index contributed by atoms with van der Waals surface area (Å²) >= 11 is 0. The lowest BCUT2D eigenvalue weighted by Gasteiger charge is -2.06. The fraction of sp³-hybridized carbons (Fsp3) is 0. The lowest BCUT2D eigenvalue weighted by molar-refractivity contribution is -0.384. The molecule has 0 amide bonds. The molecule has 0 unspecified atom stereocenters. The number of imidazole rings is 1. The van der Waals surface area contributed by atoms with Crippen LogP contribution in [0.15, 0.2) is 24.5 Å². The Balaban J connectivity index is 2.61. The standard InChI is InChI=1S/C11H6N6O2/c12-4-9-11(5-13)16(6-15-9)10-2-1-7(17(18)19)3-8(10)14/h1-3,6H,14H2. The molecule has 0 bridgehead atoms. The van der Waals surface area contributed by atoms with Gasteiger partial charge in [0.2, 0.25) is 0 Å². The van der Waals surface area contributed by atoms with E-state index in [1.807, 2.05) is 6.07 Å². The van der Waals surface area contributed by atoms with Gasteiger partial charge in [0.05, 0.1) is 16.3 Å². The number of non-ortho nitro benzene ring substituents is 1. The van der Waals surface area contributed by atoms with E-state index < -0.39 is 4.92 Å². The van der Waals surface area contributed by atoms with Crippen LogP contribution in [-0.2, 0) is 0 Å². The molecule has 92 valence electrons. The number of nitro benzene ring substituents is 1. The normalized spacial score (nSPS) is 9.58. The Bertz CT molecular complexity index is 750. The van der Waals surface area contributed by atoms with Crippen molar-refractivity contribution in [2.75, 3.05) is 5.73 Å². The van der Waals surface area contributed by atoms with Gasteiger partial charge in [-0.25, -0.2) is 4.98 Å². The summed E-state index contributed by atoms with van der Waals surface area (Å²) < 4.78 is 1.32. The predicted octanol–water partition coefficient (Wildman–Crippen LogP) is 1.11. The molecule has 0 saturated carbocycles. The maximum Gasteiger partial charge on any atom is 0.271 e. The molecule has 2 aromatic rings. The molecule has 0 atom stereocenters. The van der Waals surface area contributed by atoms with E-state index in [1.165, 1.54) is 29.1 Å². The van der Waals surface area contributed by atoms with E-state index >= 15 is 0 Å². The SMILES string of the molecule is N#Cc1ncn(-c2ccc([N+](=O)[O-])cc2N)c1C#N. The lowest BCUT2D eigenvalue weighted by Crippen LogP contribution is -2.02. The molecule has 0 spiro atoms. The summed E-state index contributed by atoms with van der Waals surface area (Å²) in [5.41, 5.74) is 6.05. The van der Waals surface area contributed by atoms with Gasteiger partial charge in [-0.1, -0.05) is 0 Å². The van der Waals surface area contributed by atoms with Crippen LogP contribution in [0.3, 0.4) is 0 Å². The number of anilines is 1. The summed E-state index contributed by atoms with van der Waals surface area (Å²) in [6.45, 7) is 0. The van der Waals surface area contributed by atoms with Crippen LogP contribution >= 0.6 is 0 Å². The first-order valence-electron chi connectivity index (χ1n) is 5.00. The van der Waals surface area contributed by atoms with Gasteiger partial charge in [0.15, 0.2) is 11.4 Å². The maximum absolute atomic E-state index is 10.6. The summed E-state index contributed by atoms with van der Waals surface area (Å²) in [7, 11) is 0. The largest absolute Gasteiger partial charge is 0.397 e. The Morgan fingerprint density at radius 3 is 2.63 bits per heavy atom. The molecular formula is C11H6N6O2. The summed E-state index contributed by atoms with van der Waals surface area (Å²) in [5, 5.41) is 28.4. The Morgan fingerprint density at radius 1 is 1.37 bits per heavy atom. The Morgan fingerprint density at radius 2 is 2.11 bits per heavy atom. The van der Waals surface area contributed by atoms with Crippen LogP contribution in [0.25, 0.3) is 5.69 Å². The molecule has 0 radical (unpaired) electrons. The zero-order valence-electron chi connectivity index (χ0n) is 9.44. The highest BCUT2D eigenvalue weighted by molar-refractivity contribution is 5.64. The van der Waals surface area contributed by atoms with E-state index in [4.69, 9.17) is 16.3 Å². The van der Waals surface area contributed by atoms with E-state index in [0.717, 1.165) is 0 Å². The molecule has 1 aromatic heterocycles. The van der Waals surface area contributed by atoms with Crippen molar-refractivity contribution in [3.05, 3.63) is 46.0 Å². The Hall–Kier alpha value is -3.39. The average molecular weight is 254 g/mol. The first-order chi connectivity index (χ1) is 9.08. The topological polar surface area (TPSA) is 135 Å². The fourth-order valence-corrected chi connectivity index (χ4v) is 1.59. The number of nitrogens with zero attached hydrogens (tertiary/aromatic N) is 5. The van der Waals surface area contributed by atoms with Crippen molar-refractivity contribution in [3.63, 3.8) is 0 Å². The molecule has 1 aromatic carbocycles. The van der Waals surface area contributed by atoms with Crippen LogP contribution in [0.2, 0.25) is 0 Å². The van der Waals surface area contributed by atoms with Crippen molar-refractivity contribution in [2.24, 2.45) is 0 Å². The van der Waals surface area contributed by atoms with Crippen LogP contribution in [-0.4, -0.2) is 14.5 Å². The zero-order valence-corrected chi connectivity index (χ0v) is 9.44. The molecule has 0 aliphatic rings. The van der Waals surface area contributed by atoms with Crippen molar-refractivity contribution in [1.29, 1.82) is 10.5 Å². The second-order valence-electron chi connectivity index (χ2n) is 3.54. The van der Waals surface area contributed by atoms with Crippen LogP contribution in [0.5, 0.6) is 0 Å². The maximum atomic E-state index is 10.6. The van der Waals surface area contributed by atoms with Crippen LogP contribution < -0.4 is 5.73 Å². The van der Waals surface area contributed by atoms with Gasteiger partial charge in [-0.15, -0.1) is 0 Å². The minimum atomic E-state index is -0.569. The molecule has 0 aliphatic carbocycles. The van der Waals surface area contributed by atoms with Crippen LogP contribution in [0.4, 0.5) is 11.4 Å².